The lowest BCUT2D eigenvalue weighted by Crippen LogP contribution is -2.29. The van der Waals surface area contributed by atoms with Gasteiger partial charge in [-0.1, -0.05) is 12.2 Å². The summed E-state index contributed by atoms with van der Waals surface area (Å²) in [6, 6.07) is 5.49. The molecule has 0 amide bonds. The number of hydrogen-bond acceptors (Lipinski definition) is 3. The van der Waals surface area contributed by atoms with Crippen LogP contribution in [0.1, 0.15) is 6.92 Å². The third-order valence-electron chi connectivity index (χ3n) is 2.21. The van der Waals surface area contributed by atoms with Crippen LogP contribution in [-0.2, 0) is 0 Å². The summed E-state index contributed by atoms with van der Waals surface area (Å²) in [7, 11) is 3.21. The van der Waals surface area contributed by atoms with E-state index in [0.717, 1.165) is 17.0 Å². The van der Waals surface area contributed by atoms with Gasteiger partial charge in [-0.2, -0.15) is 0 Å². The van der Waals surface area contributed by atoms with E-state index in [0.29, 0.717) is 17.4 Å². The Morgan fingerprint density at radius 3 is 2.61 bits per heavy atom. The van der Waals surface area contributed by atoms with E-state index in [1.165, 1.54) is 0 Å². The molecule has 0 unspecified atom stereocenters. The maximum Gasteiger partial charge on any atom is 0.171 e. The molecule has 1 aromatic carbocycles. The molecule has 4 nitrogen and oxygen atoms in total. The van der Waals surface area contributed by atoms with Gasteiger partial charge in [-0.25, -0.2) is 0 Å². The van der Waals surface area contributed by atoms with Crippen molar-refractivity contribution in [3.05, 3.63) is 30.4 Å². The SMILES string of the molecule is C=C(C)CNC(=S)Nc1ccc(OC)cc1OC. The number of ether oxygens (including phenoxy) is 2. The van der Waals surface area contributed by atoms with Crippen molar-refractivity contribution in [1.82, 2.24) is 5.32 Å². The molecule has 0 aliphatic carbocycles. The standard InChI is InChI=1S/C13H18N2O2S/c1-9(2)8-14-13(18)15-11-6-5-10(16-3)7-12(11)17-4/h5-7H,1,8H2,2-4H3,(H2,14,15,18). The summed E-state index contributed by atoms with van der Waals surface area (Å²) < 4.78 is 10.4. The van der Waals surface area contributed by atoms with Gasteiger partial charge in [0.2, 0.25) is 0 Å². The molecule has 0 aliphatic rings. The first-order valence-corrected chi connectivity index (χ1v) is 5.89. The fraction of sp³-hybridized carbons (Fsp3) is 0.308. The molecule has 5 heteroatoms. The molecule has 18 heavy (non-hydrogen) atoms. The Morgan fingerprint density at radius 1 is 1.33 bits per heavy atom. The number of benzene rings is 1. The summed E-state index contributed by atoms with van der Waals surface area (Å²) in [6.45, 7) is 6.38. The minimum atomic E-state index is 0.529. The monoisotopic (exact) mass is 266 g/mol. The fourth-order valence-electron chi connectivity index (χ4n) is 1.30. The highest BCUT2D eigenvalue weighted by Crippen LogP contribution is 2.28. The molecule has 0 aliphatic heterocycles. The minimum absolute atomic E-state index is 0.529. The fourth-order valence-corrected chi connectivity index (χ4v) is 1.48. The smallest absolute Gasteiger partial charge is 0.171 e. The Hall–Kier alpha value is -1.75. The van der Waals surface area contributed by atoms with Gasteiger partial charge in [0.1, 0.15) is 11.5 Å². The van der Waals surface area contributed by atoms with Crippen molar-refractivity contribution in [2.24, 2.45) is 0 Å². The number of thiocarbonyl (C=S) groups is 1. The van der Waals surface area contributed by atoms with Crippen LogP contribution in [0.3, 0.4) is 0 Å². The summed E-state index contributed by atoms with van der Waals surface area (Å²) >= 11 is 5.17. The van der Waals surface area contributed by atoms with E-state index in [1.807, 2.05) is 19.1 Å². The van der Waals surface area contributed by atoms with Crippen LogP contribution in [0, 0.1) is 0 Å². The lowest BCUT2D eigenvalue weighted by molar-refractivity contribution is 0.395. The summed E-state index contributed by atoms with van der Waals surface area (Å²) in [5, 5.41) is 6.64. The second kappa shape index (κ2) is 6.86. The van der Waals surface area contributed by atoms with E-state index in [2.05, 4.69) is 17.2 Å². The first-order chi connectivity index (χ1) is 8.56. The number of anilines is 1. The zero-order valence-electron chi connectivity index (χ0n) is 10.9. The molecule has 0 spiro atoms. The van der Waals surface area contributed by atoms with Gasteiger partial charge in [0, 0.05) is 12.6 Å². The summed E-state index contributed by atoms with van der Waals surface area (Å²) in [6.07, 6.45) is 0. The van der Waals surface area contributed by atoms with Crippen LogP contribution in [0.4, 0.5) is 5.69 Å². The Kier molecular flexibility index (Phi) is 5.45. The van der Waals surface area contributed by atoms with E-state index in [9.17, 15) is 0 Å². The van der Waals surface area contributed by atoms with Crippen LogP contribution in [0.2, 0.25) is 0 Å². The first kappa shape index (κ1) is 14.3. The number of hydrogen-bond donors (Lipinski definition) is 2. The second-order valence-electron chi connectivity index (χ2n) is 3.83. The highest BCUT2D eigenvalue weighted by Gasteiger charge is 2.06. The highest BCUT2D eigenvalue weighted by molar-refractivity contribution is 7.80. The maximum atomic E-state index is 5.27. The van der Waals surface area contributed by atoms with Crippen LogP contribution in [0.5, 0.6) is 11.5 Å². The summed E-state index contributed by atoms with van der Waals surface area (Å²) in [4.78, 5) is 0. The van der Waals surface area contributed by atoms with Crippen LogP contribution in [0.15, 0.2) is 30.4 Å². The zero-order chi connectivity index (χ0) is 13.5. The second-order valence-corrected chi connectivity index (χ2v) is 4.24. The predicted molar refractivity (Wildman–Crippen MR) is 78.6 cm³/mol. The Balaban J connectivity index is 2.71. The normalized spacial score (nSPS) is 9.50. The molecular formula is C13H18N2O2S. The molecule has 0 saturated carbocycles. The zero-order valence-corrected chi connectivity index (χ0v) is 11.7. The summed E-state index contributed by atoms with van der Waals surface area (Å²) in [5.74, 6) is 1.41. The molecular weight excluding hydrogens is 248 g/mol. The van der Waals surface area contributed by atoms with Crippen molar-refractivity contribution < 1.29 is 9.47 Å². The van der Waals surface area contributed by atoms with Gasteiger partial charge in [0.05, 0.1) is 19.9 Å². The van der Waals surface area contributed by atoms with Crippen LogP contribution in [0.25, 0.3) is 0 Å². The maximum absolute atomic E-state index is 5.27. The molecule has 0 saturated heterocycles. The minimum Gasteiger partial charge on any atom is -0.497 e. The Bertz CT molecular complexity index is 447. The van der Waals surface area contributed by atoms with Gasteiger partial charge < -0.3 is 20.1 Å². The molecule has 0 heterocycles. The van der Waals surface area contributed by atoms with Crippen molar-refractivity contribution in [1.29, 1.82) is 0 Å². The van der Waals surface area contributed by atoms with Crippen molar-refractivity contribution >= 4 is 23.0 Å². The van der Waals surface area contributed by atoms with Crippen molar-refractivity contribution in [3.8, 4) is 11.5 Å². The average Bonchev–Trinajstić information content (AvgIpc) is 2.36. The molecule has 0 aromatic heterocycles. The molecule has 98 valence electrons. The van der Waals surface area contributed by atoms with Gasteiger partial charge in [0.15, 0.2) is 5.11 Å². The van der Waals surface area contributed by atoms with E-state index < -0.39 is 0 Å². The van der Waals surface area contributed by atoms with Gasteiger partial charge in [-0.05, 0) is 31.3 Å². The van der Waals surface area contributed by atoms with Crippen LogP contribution >= 0.6 is 12.2 Å². The highest BCUT2D eigenvalue weighted by atomic mass is 32.1. The first-order valence-electron chi connectivity index (χ1n) is 5.48. The number of rotatable bonds is 5. The Morgan fingerprint density at radius 2 is 2.06 bits per heavy atom. The predicted octanol–water partition coefficient (Wildman–Crippen LogP) is 2.57. The Labute approximate surface area is 113 Å². The van der Waals surface area contributed by atoms with Gasteiger partial charge in [0.25, 0.3) is 0 Å². The lowest BCUT2D eigenvalue weighted by Gasteiger charge is -2.14. The van der Waals surface area contributed by atoms with Crippen molar-refractivity contribution in [2.75, 3.05) is 26.1 Å². The molecule has 0 bridgehead atoms. The molecule has 0 fully saturated rings. The topological polar surface area (TPSA) is 42.5 Å². The van der Waals surface area contributed by atoms with Crippen molar-refractivity contribution in [2.45, 2.75) is 6.92 Å². The van der Waals surface area contributed by atoms with Crippen molar-refractivity contribution in [3.63, 3.8) is 0 Å². The van der Waals surface area contributed by atoms with E-state index in [4.69, 9.17) is 21.7 Å². The van der Waals surface area contributed by atoms with Gasteiger partial charge >= 0.3 is 0 Å². The van der Waals surface area contributed by atoms with Gasteiger partial charge in [-0.15, -0.1) is 0 Å². The largest absolute Gasteiger partial charge is 0.497 e. The van der Waals surface area contributed by atoms with Crippen LogP contribution < -0.4 is 20.1 Å². The van der Waals surface area contributed by atoms with E-state index in [-0.39, 0.29) is 0 Å². The molecule has 0 atom stereocenters. The summed E-state index contributed by atoms with van der Waals surface area (Å²) in [5.41, 5.74) is 1.80. The number of nitrogens with one attached hydrogen (secondary N) is 2. The third kappa shape index (κ3) is 4.25. The number of methoxy groups -OCH3 is 2. The van der Waals surface area contributed by atoms with E-state index in [1.54, 1.807) is 20.3 Å². The molecule has 1 aromatic rings. The quantitative estimate of drug-likeness (QED) is 0.633. The van der Waals surface area contributed by atoms with E-state index >= 15 is 0 Å². The van der Waals surface area contributed by atoms with Crippen LogP contribution in [-0.4, -0.2) is 25.9 Å². The average molecular weight is 266 g/mol. The van der Waals surface area contributed by atoms with Gasteiger partial charge in [-0.3, -0.25) is 0 Å². The molecule has 1 rings (SSSR count). The molecule has 0 radical (unpaired) electrons. The lowest BCUT2D eigenvalue weighted by atomic mass is 10.2. The third-order valence-corrected chi connectivity index (χ3v) is 2.45. The molecule has 2 N–H and O–H groups in total.